The maximum absolute atomic E-state index is 11.1. The molecule has 0 N–H and O–H groups in total. The highest BCUT2D eigenvalue weighted by atomic mass is 35.5. The molecular formula is C10H13ClO3. The molecule has 3 nitrogen and oxygen atoms in total. The van der Waals surface area contributed by atoms with Crippen molar-refractivity contribution in [1.29, 1.82) is 0 Å². The lowest BCUT2D eigenvalue weighted by atomic mass is 9.92. The van der Waals surface area contributed by atoms with Gasteiger partial charge in [-0.05, 0) is 12.5 Å². The van der Waals surface area contributed by atoms with Gasteiger partial charge in [0.1, 0.15) is 5.60 Å². The smallest absolute Gasteiger partial charge is 0.423 e. The van der Waals surface area contributed by atoms with E-state index in [9.17, 15) is 4.79 Å². The lowest BCUT2D eigenvalue weighted by Gasteiger charge is -2.28. The highest BCUT2D eigenvalue weighted by molar-refractivity contribution is 6.17. The minimum absolute atomic E-state index is 0.182. The molecule has 1 rings (SSSR count). The summed E-state index contributed by atoms with van der Waals surface area (Å²) < 4.78 is 9.70. The molecule has 1 aliphatic rings. The van der Waals surface area contributed by atoms with Crippen LogP contribution in [0, 0.1) is 0 Å². The lowest BCUT2D eigenvalue weighted by molar-refractivity contribution is -0.00459. The first-order valence-electron chi connectivity index (χ1n) is 4.48. The van der Waals surface area contributed by atoms with Crippen LogP contribution in [0.15, 0.2) is 24.3 Å². The third kappa shape index (κ3) is 2.77. The van der Waals surface area contributed by atoms with Gasteiger partial charge in [0.2, 0.25) is 0 Å². The van der Waals surface area contributed by atoms with Gasteiger partial charge >= 0.3 is 6.16 Å². The molecule has 14 heavy (non-hydrogen) atoms. The van der Waals surface area contributed by atoms with E-state index in [0.717, 1.165) is 0 Å². The SMILES string of the molecule is CCC1(OC(=O)OCCl)C=CC=CC1. The van der Waals surface area contributed by atoms with Crippen LogP contribution in [0.25, 0.3) is 0 Å². The zero-order valence-corrected chi connectivity index (χ0v) is 8.79. The summed E-state index contributed by atoms with van der Waals surface area (Å²) in [6.07, 6.45) is 8.27. The molecule has 78 valence electrons. The molecular weight excluding hydrogens is 204 g/mol. The van der Waals surface area contributed by atoms with Gasteiger partial charge in [-0.15, -0.1) is 0 Å². The van der Waals surface area contributed by atoms with E-state index in [-0.39, 0.29) is 6.07 Å². The number of ether oxygens (including phenoxy) is 2. The van der Waals surface area contributed by atoms with E-state index >= 15 is 0 Å². The summed E-state index contributed by atoms with van der Waals surface area (Å²) in [5.74, 6) is 0. The molecule has 0 heterocycles. The number of allylic oxidation sites excluding steroid dienone is 2. The predicted molar refractivity (Wildman–Crippen MR) is 54.2 cm³/mol. The van der Waals surface area contributed by atoms with Gasteiger partial charge < -0.3 is 9.47 Å². The first-order chi connectivity index (χ1) is 6.72. The molecule has 0 bridgehead atoms. The van der Waals surface area contributed by atoms with Gasteiger partial charge in [0, 0.05) is 6.42 Å². The van der Waals surface area contributed by atoms with Gasteiger partial charge in [0.15, 0.2) is 6.07 Å². The summed E-state index contributed by atoms with van der Waals surface area (Å²) in [6.45, 7) is 1.96. The van der Waals surface area contributed by atoms with Crippen molar-refractivity contribution in [3.63, 3.8) is 0 Å². The third-order valence-corrected chi connectivity index (χ3v) is 2.28. The maximum Gasteiger partial charge on any atom is 0.510 e. The fourth-order valence-electron chi connectivity index (χ4n) is 1.30. The van der Waals surface area contributed by atoms with E-state index in [1.54, 1.807) is 0 Å². The van der Waals surface area contributed by atoms with Gasteiger partial charge in [0.25, 0.3) is 0 Å². The van der Waals surface area contributed by atoms with Gasteiger partial charge in [-0.2, -0.15) is 0 Å². The second-order valence-corrected chi connectivity index (χ2v) is 3.23. The van der Waals surface area contributed by atoms with Gasteiger partial charge in [-0.3, -0.25) is 0 Å². The molecule has 0 aromatic heterocycles. The summed E-state index contributed by atoms with van der Waals surface area (Å²) in [6, 6.07) is -0.182. The fourth-order valence-corrected chi connectivity index (χ4v) is 1.38. The first-order valence-corrected chi connectivity index (χ1v) is 5.02. The summed E-state index contributed by atoms with van der Waals surface area (Å²) in [5, 5.41) is 0. The molecule has 0 spiro atoms. The lowest BCUT2D eigenvalue weighted by Crippen LogP contribution is -2.33. The van der Waals surface area contributed by atoms with E-state index < -0.39 is 11.8 Å². The van der Waals surface area contributed by atoms with Crippen molar-refractivity contribution in [3.05, 3.63) is 24.3 Å². The largest absolute Gasteiger partial charge is 0.510 e. The van der Waals surface area contributed by atoms with Crippen LogP contribution >= 0.6 is 11.6 Å². The van der Waals surface area contributed by atoms with Crippen LogP contribution in [0.1, 0.15) is 19.8 Å². The Bertz CT molecular complexity index is 260. The van der Waals surface area contributed by atoms with Crippen LogP contribution in [-0.4, -0.2) is 17.8 Å². The van der Waals surface area contributed by atoms with Crippen LogP contribution in [0.4, 0.5) is 4.79 Å². The number of hydrogen-bond donors (Lipinski definition) is 0. The predicted octanol–water partition coefficient (Wildman–Crippen LogP) is 3.00. The van der Waals surface area contributed by atoms with Crippen molar-refractivity contribution >= 4 is 17.8 Å². The Morgan fingerprint density at radius 3 is 2.86 bits per heavy atom. The molecule has 0 saturated heterocycles. The van der Waals surface area contributed by atoms with Gasteiger partial charge in [0.05, 0.1) is 0 Å². The molecule has 0 fully saturated rings. The zero-order chi connectivity index (χ0) is 10.4. The van der Waals surface area contributed by atoms with E-state index in [4.69, 9.17) is 16.3 Å². The Morgan fingerprint density at radius 1 is 1.57 bits per heavy atom. The van der Waals surface area contributed by atoms with Gasteiger partial charge in [-0.25, -0.2) is 4.79 Å². The van der Waals surface area contributed by atoms with Crippen molar-refractivity contribution in [2.75, 3.05) is 6.07 Å². The minimum atomic E-state index is -0.721. The monoisotopic (exact) mass is 216 g/mol. The summed E-state index contributed by atoms with van der Waals surface area (Å²) in [5.41, 5.74) is -0.558. The summed E-state index contributed by atoms with van der Waals surface area (Å²) in [4.78, 5) is 11.1. The second-order valence-electron chi connectivity index (χ2n) is 3.02. The summed E-state index contributed by atoms with van der Waals surface area (Å²) >= 11 is 5.25. The molecule has 0 aliphatic heterocycles. The number of hydrogen-bond acceptors (Lipinski definition) is 3. The molecule has 1 unspecified atom stereocenters. The molecule has 0 aromatic carbocycles. The van der Waals surface area contributed by atoms with E-state index in [0.29, 0.717) is 12.8 Å². The van der Waals surface area contributed by atoms with Crippen LogP contribution < -0.4 is 0 Å². The van der Waals surface area contributed by atoms with Crippen LogP contribution in [-0.2, 0) is 9.47 Å². The topological polar surface area (TPSA) is 35.5 Å². The average molecular weight is 217 g/mol. The molecule has 0 aromatic rings. The Morgan fingerprint density at radius 2 is 2.36 bits per heavy atom. The van der Waals surface area contributed by atoms with Crippen molar-refractivity contribution in [2.45, 2.75) is 25.4 Å². The first kappa shape index (κ1) is 11.1. The molecule has 4 heteroatoms. The molecule has 0 amide bonds. The highest BCUT2D eigenvalue weighted by Crippen LogP contribution is 2.26. The van der Waals surface area contributed by atoms with E-state index in [1.807, 2.05) is 31.2 Å². The van der Waals surface area contributed by atoms with Crippen molar-refractivity contribution < 1.29 is 14.3 Å². The van der Waals surface area contributed by atoms with Crippen molar-refractivity contribution in [3.8, 4) is 0 Å². The van der Waals surface area contributed by atoms with E-state index in [1.165, 1.54) is 0 Å². The number of halogens is 1. The number of carbonyl (C=O) groups excluding carboxylic acids is 1. The van der Waals surface area contributed by atoms with E-state index in [2.05, 4.69) is 4.74 Å². The molecule has 1 atom stereocenters. The normalized spacial score (nSPS) is 24.7. The van der Waals surface area contributed by atoms with Crippen LogP contribution in [0.5, 0.6) is 0 Å². The standard InChI is InChI=1S/C10H13ClO3/c1-2-10(6-4-3-5-7-10)14-9(12)13-8-11/h3-6H,2,7-8H2,1H3. The van der Waals surface area contributed by atoms with Crippen molar-refractivity contribution in [1.82, 2.24) is 0 Å². The second kappa shape index (κ2) is 5.05. The molecule has 1 aliphatic carbocycles. The maximum atomic E-state index is 11.1. The van der Waals surface area contributed by atoms with Crippen LogP contribution in [0.2, 0.25) is 0 Å². The molecule has 0 saturated carbocycles. The summed E-state index contributed by atoms with van der Waals surface area (Å²) in [7, 11) is 0. The third-order valence-electron chi connectivity index (χ3n) is 2.17. The van der Waals surface area contributed by atoms with Crippen LogP contribution in [0.3, 0.4) is 0 Å². The quantitative estimate of drug-likeness (QED) is 0.538. The Balaban J connectivity index is 2.58. The van der Waals surface area contributed by atoms with Gasteiger partial charge in [-0.1, -0.05) is 36.8 Å². The zero-order valence-electron chi connectivity index (χ0n) is 8.03. The number of rotatable bonds is 3. The average Bonchev–Trinajstić information content (AvgIpc) is 2.19. The minimum Gasteiger partial charge on any atom is -0.423 e. The Hall–Kier alpha value is -0.960. The Labute approximate surface area is 88.3 Å². The molecule has 0 radical (unpaired) electrons. The van der Waals surface area contributed by atoms with Crippen molar-refractivity contribution in [2.24, 2.45) is 0 Å². The fraction of sp³-hybridized carbons (Fsp3) is 0.500. The number of carbonyl (C=O) groups is 1. The Kier molecular flexibility index (Phi) is 4.01. The highest BCUT2D eigenvalue weighted by Gasteiger charge is 2.30. The number of alkyl halides is 1.